The van der Waals surface area contributed by atoms with Gasteiger partial charge in [0, 0.05) is 15.8 Å². The fourth-order valence-electron chi connectivity index (χ4n) is 1.65. The number of hydrogen-bond acceptors (Lipinski definition) is 1. The summed E-state index contributed by atoms with van der Waals surface area (Å²) in [5.41, 5.74) is 1.38. The first-order valence-electron chi connectivity index (χ1n) is 5.26. The molecule has 0 unspecified atom stereocenters. The van der Waals surface area contributed by atoms with Crippen LogP contribution in [-0.2, 0) is 5.41 Å². The van der Waals surface area contributed by atoms with Crippen LogP contribution < -0.4 is 0 Å². The standard InChI is InChI=1S/C12H15BrFN/c1-12(2,3)11-9(14)6-8(13)10(15-11)7-4-5-7/h6-7H,4-5H2,1-3H3. The van der Waals surface area contributed by atoms with E-state index in [0.29, 0.717) is 11.6 Å². The maximum Gasteiger partial charge on any atom is 0.146 e. The molecule has 0 atom stereocenters. The summed E-state index contributed by atoms with van der Waals surface area (Å²) in [5.74, 6) is 0.333. The van der Waals surface area contributed by atoms with Gasteiger partial charge in [0.25, 0.3) is 0 Å². The van der Waals surface area contributed by atoms with E-state index in [2.05, 4.69) is 20.9 Å². The fourth-order valence-corrected chi connectivity index (χ4v) is 2.26. The fraction of sp³-hybridized carbons (Fsp3) is 0.583. The molecule has 0 bridgehead atoms. The average Bonchev–Trinajstić information content (AvgIpc) is 2.84. The maximum absolute atomic E-state index is 13.7. The molecule has 1 nitrogen and oxygen atoms in total. The molecule has 0 aliphatic heterocycles. The van der Waals surface area contributed by atoms with Crippen molar-refractivity contribution in [2.45, 2.75) is 44.9 Å². The van der Waals surface area contributed by atoms with Gasteiger partial charge in [-0.15, -0.1) is 0 Å². The minimum Gasteiger partial charge on any atom is -0.253 e. The van der Waals surface area contributed by atoms with Crippen LogP contribution in [0.1, 0.15) is 50.9 Å². The summed E-state index contributed by atoms with van der Waals surface area (Å²) in [5, 5.41) is 0. The Morgan fingerprint density at radius 1 is 1.40 bits per heavy atom. The number of pyridine rings is 1. The molecule has 0 radical (unpaired) electrons. The van der Waals surface area contributed by atoms with Gasteiger partial charge in [-0.25, -0.2) is 4.39 Å². The molecule has 0 N–H and O–H groups in total. The van der Waals surface area contributed by atoms with Crippen molar-refractivity contribution in [2.75, 3.05) is 0 Å². The predicted molar refractivity (Wildman–Crippen MR) is 62.6 cm³/mol. The van der Waals surface area contributed by atoms with Gasteiger partial charge in [-0.1, -0.05) is 20.8 Å². The van der Waals surface area contributed by atoms with E-state index >= 15 is 0 Å². The molecule has 1 saturated carbocycles. The van der Waals surface area contributed by atoms with Crippen LogP contribution in [0.2, 0.25) is 0 Å². The van der Waals surface area contributed by atoms with Crippen molar-refractivity contribution in [1.29, 1.82) is 0 Å². The van der Waals surface area contributed by atoms with Crippen molar-refractivity contribution in [1.82, 2.24) is 4.98 Å². The highest BCUT2D eigenvalue weighted by Crippen LogP contribution is 2.43. The van der Waals surface area contributed by atoms with Crippen molar-refractivity contribution in [2.24, 2.45) is 0 Å². The maximum atomic E-state index is 13.7. The summed E-state index contributed by atoms with van der Waals surface area (Å²) in [6.07, 6.45) is 2.36. The number of halogens is 2. The molecule has 0 saturated heterocycles. The molecule has 0 amide bonds. The van der Waals surface area contributed by atoms with E-state index < -0.39 is 0 Å². The first kappa shape index (κ1) is 11.1. The quantitative estimate of drug-likeness (QED) is 0.748. The van der Waals surface area contributed by atoms with Crippen LogP contribution >= 0.6 is 15.9 Å². The van der Waals surface area contributed by atoms with Crippen molar-refractivity contribution < 1.29 is 4.39 Å². The topological polar surface area (TPSA) is 12.9 Å². The molecule has 0 spiro atoms. The lowest BCUT2D eigenvalue weighted by atomic mass is 9.91. The van der Waals surface area contributed by atoms with Crippen LogP contribution in [0.5, 0.6) is 0 Å². The van der Waals surface area contributed by atoms with Gasteiger partial charge in [0.1, 0.15) is 5.82 Å². The zero-order chi connectivity index (χ0) is 11.2. The first-order chi connectivity index (χ1) is 6.89. The molecule has 82 valence electrons. The third-order valence-corrected chi connectivity index (χ3v) is 3.27. The monoisotopic (exact) mass is 271 g/mol. The van der Waals surface area contributed by atoms with Crippen molar-refractivity contribution in [3.8, 4) is 0 Å². The van der Waals surface area contributed by atoms with E-state index in [1.807, 2.05) is 20.8 Å². The second kappa shape index (κ2) is 3.55. The van der Waals surface area contributed by atoms with E-state index in [9.17, 15) is 4.39 Å². The number of hydrogen-bond donors (Lipinski definition) is 0. The smallest absolute Gasteiger partial charge is 0.146 e. The minimum atomic E-state index is -0.228. The van der Waals surface area contributed by atoms with E-state index in [-0.39, 0.29) is 11.2 Å². The summed E-state index contributed by atoms with van der Waals surface area (Å²) in [6, 6.07) is 1.56. The third kappa shape index (κ3) is 2.22. The molecule has 1 aromatic rings. The van der Waals surface area contributed by atoms with Gasteiger partial charge in [-0.3, -0.25) is 4.98 Å². The van der Waals surface area contributed by atoms with E-state index in [1.165, 1.54) is 12.8 Å². The van der Waals surface area contributed by atoms with Crippen molar-refractivity contribution >= 4 is 15.9 Å². The lowest BCUT2D eigenvalue weighted by molar-refractivity contribution is 0.499. The van der Waals surface area contributed by atoms with Gasteiger partial charge >= 0.3 is 0 Å². The Bertz CT molecular complexity index is 391. The van der Waals surface area contributed by atoms with Crippen LogP contribution in [-0.4, -0.2) is 4.98 Å². The minimum absolute atomic E-state index is 0.209. The molecular weight excluding hydrogens is 257 g/mol. The van der Waals surface area contributed by atoms with Crippen LogP contribution in [0.3, 0.4) is 0 Å². The molecule has 1 aliphatic carbocycles. The van der Waals surface area contributed by atoms with Gasteiger partial charge in [-0.05, 0) is 34.8 Å². The van der Waals surface area contributed by atoms with Crippen LogP contribution in [0, 0.1) is 5.82 Å². The highest BCUT2D eigenvalue weighted by atomic mass is 79.9. The summed E-state index contributed by atoms with van der Waals surface area (Å²) in [6.45, 7) is 5.97. The Morgan fingerprint density at radius 3 is 2.47 bits per heavy atom. The molecule has 3 heteroatoms. The Morgan fingerprint density at radius 2 is 2.00 bits per heavy atom. The van der Waals surface area contributed by atoms with Gasteiger partial charge in [-0.2, -0.15) is 0 Å². The summed E-state index contributed by atoms with van der Waals surface area (Å²) in [4.78, 5) is 4.48. The van der Waals surface area contributed by atoms with Gasteiger partial charge in [0.05, 0.1) is 11.4 Å². The SMILES string of the molecule is CC(C)(C)c1nc(C2CC2)c(Br)cc1F. The van der Waals surface area contributed by atoms with Gasteiger partial charge in [0.15, 0.2) is 0 Å². The first-order valence-corrected chi connectivity index (χ1v) is 6.05. The average molecular weight is 272 g/mol. The number of aromatic nitrogens is 1. The van der Waals surface area contributed by atoms with Gasteiger partial charge in [0.2, 0.25) is 0 Å². The summed E-state index contributed by atoms with van der Waals surface area (Å²) < 4.78 is 14.5. The molecule has 1 aromatic heterocycles. The highest BCUT2D eigenvalue weighted by molar-refractivity contribution is 9.10. The number of rotatable bonds is 1. The predicted octanol–water partition coefficient (Wildman–Crippen LogP) is 4.16. The summed E-state index contributed by atoms with van der Waals surface area (Å²) >= 11 is 3.39. The number of nitrogens with zero attached hydrogens (tertiary/aromatic N) is 1. The van der Waals surface area contributed by atoms with E-state index in [4.69, 9.17) is 0 Å². The second-order valence-corrected chi connectivity index (χ2v) is 6.06. The van der Waals surface area contributed by atoms with E-state index in [0.717, 1.165) is 10.2 Å². The Hall–Kier alpha value is -0.440. The molecule has 2 rings (SSSR count). The van der Waals surface area contributed by atoms with Gasteiger partial charge < -0.3 is 0 Å². The molecule has 1 heterocycles. The van der Waals surface area contributed by atoms with Crippen LogP contribution in [0.15, 0.2) is 10.5 Å². The normalized spacial score (nSPS) is 16.9. The lowest BCUT2D eigenvalue weighted by Crippen LogP contribution is -2.17. The Labute approximate surface area is 98.2 Å². The molecule has 15 heavy (non-hydrogen) atoms. The van der Waals surface area contributed by atoms with Crippen molar-refractivity contribution in [3.63, 3.8) is 0 Å². The Balaban J connectivity index is 2.51. The Kier molecular flexibility index (Phi) is 2.61. The largest absolute Gasteiger partial charge is 0.253 e. The molecule has 1 aliphatic rings. The zero-order valence-electron chi connectivity index (χ0n) is 9.27. The van der Waals surface area contributed by atoms with E-state index in [1.54, 1.807) is 6.07 Å². The van der Waals surface area contributed by atoms with Crippen LogP contribution in [0.25, 0.3) is 0 Å². The zero-order valence-corrected chi connectivity index (χ0v) is 10.9. The third-order valence-electron chi connectivity index (χ3n) is 2.63. The van der Waals surface area contributed by atoms with Crippen LogP contribution in [0.4, 0.5) is 4.39 Å². The second-order valence-electron chi connectivity index (χ2n) is 5.21. The summed E-state index contributed by atoms with van der Waals surface area (Å²) in [7, 11) is 0. The highest BCUT2D eigenvalue weighted by Gasteiger charge is 2.30. The molecular formula is C12H15BrFN. The molecule has 1 fully saturated rings. The van der Waals surface area contributed by atoms with Crippen molar-refractivity contribution in [3.05, 3.63) is 27.7 Å². The molecule has 0 aromatic carbocycles. The lowest BCUT2D eigenvalue weighted by Gasteiger charge is -2.20.